The third kappa shape index (κ3) is 11.4. The summed E-state index contributed by atoms with van der Waals surface area (Å²) in [6.07, 6.45) is 3.10. The van der Waals surface area contributed by atoms with E-state index in [1.54, 1.807) is 59.7 Å². The van der Waals surface area contributed by atoms with E-state index in [-0.39, 0.29) is 85.2 Å². The van der Waals surface area contributed by atoms with Gasteiger partial charge in [0.1, 0.15) is 11.1 Å². The SMILES string of the molecule is C[C@@]1(Cc2ccc(Br)cc2)C(=O)N(c2cc(Cl)cc(Cl)c2)c2ncc(S(=O)(=O)N3CCN(C(=O)CN4CCOCC4)CC3)n21.C[C@@]1(Cc2ccc(Br)cc2)C(=O)N(c2cc(Cl)cc(Cl)c2)c2ncc(S(=O)(=O)N3CCNCC3)n21. The highest BCUT2D eigenvalue weighted by atomic mass is 79.9. The first-order chi connectivity index (χ1) is 37.6. The van der Waals surface area contributed by atoms with Crippen molar-refractivity contribution in [2.24, 2.45) is 0 Å². The maximum Gasteiger partial charge on any atom is 0.260 e. The number of carbonyl (C=O) groups excluding carboxylic acids is 3. The Labute approximate surface area is 494 Å². The Balaban J connectivity index is 0.000000183. The minimum atomic E-state index is -4.11. The molecule has 0 unspecified atom stereocenters. The number of benzene rings is 4. The molecule has 79 heavy (non-hydrogen) atoms. The molecule has 6 aromatic rings. The van der Waals surface area contributed by atoms with Gasteiger partial charge in [-0.1, -0.05) is 103 Å². The first-order valence-electron chi connectivity index (χ1n) is 25.1. The molecule has 3 amide bonds. The molecule has 19 nitrogen and oxygen atoms in total. The Bertz CT molecular complexity index is 3520. The third-order valence-electron chi connectivity index (χ3n) is 14.6. The summed E-state index contributed by atoms with van der Waals surface area (Å²) in [5, 5.41) is 4.42. The lowest BCUT2D eigenvalue weighted by molar-refractivity contribution is -0.134. The first kappa shape index (κ1) is 57.8. The quantitative estimate of drug-likeness (QED) is 0.124. The number of imidazole rings is 2. The number of halogens is 6. The average Bonchev–Trinajstić information content (AvgIpc) is 3.09. The van der Waals surface area contributed by atoms with Crippen LogP contribution in [-0.2, 0) is 63.1 Å². The second-order valence-electron chi connectivity index (χ2n) is 20.0. The van der Waals surface area contributed by atoms with Crippen LogP contribution >= 0.6 is 78.3 Å². The number of ether oxygens (including phenoxy) is 1. The average molecular weight is 1330 g/mol. The lowest BCUT2D eigenvalue weighted by Gasteiger charge is -2.36. The Morgan fingerprint density at radius 3 is 1.39 bits per heavy atom. The van der Waals surface area contributed by atoms with Crippen LogP contribution in [0.3, 0.4) is 0 Å². The number of aromatic nitrogens is 4. The van der Waals surface area contributed by atoms with Gasteiger partial charge in [0.05, 0.1) is 43.5 Å². The number of piperazine rings is 2. The van der Waals surface area contributed by atoms with Gasteiger partial charge in [0.15, 0.2) is 10.1 Å². The number of hydrogen-bond acceptors (Lipinski definition) is 12. The Kier molecular flexibility index (Phi) is 16.9. The fourth-order valence-corrected chi connectivity index (χ4v) is 15.4. The maximum atomic E-state index is 14.3. The smallest absolute Gasteiger partial charge is 0.260 e. The molecule has 3 saturated heterocycles. The van der Waals surface area contributed by atoms with Gasteiger partial charge in [-0.05, 0) is 85.6 Å². The molecule has 1 N–H and O–H groups in total. The molecule has 4 aromatic carbocycles. The van der Waals surface area contributed by atoms with E-state index >= 15 is 0 Å². The van der Waals surface area contributed by atoms with Gasteiger partial charge >= 0.3 is 0 Å². The molecule has 418 valence electrons. The fraction of sp³-hybridized carbons (Fsp3) is 0.365. The molecular weight excluding hydrogens is 1270 g/mol. The van der Waals surface area contributed by atoms with Crippen LogP contribution in [0.2, 0.25) is 20.1 Å². The largest absolute Gasteiger partial charge is 0.379 e. The number of rotatable bonds is 12. The number of amides is 3. The van der Waals surface area contributed by atoms with E-state index in [0.717, 1.165) is 20.1 Å². The molecule has 0 radical (unpaired) electrons. The molecule has 27 heteroatoms. The van der Waals surface area contributed by atoms with Crippen molar-refractivity contribution in [3.63, 3.8) is 0 Å². The Morgan fingerprint density at radius 2 is 0.987 bits per heavy atom. The van der Waals surface area contributed by atoms with Crippen LogP contribution in [0.25, 0.3) is 0 Å². The molecule has 5 aliphatic heterocycles. The van der Waals surface area contributed by atoms with E-state index in [9.17, 15) is 31.2 Å². The van der Waals surface area contributed by atoms with Crippen molar-refractivity contribution in [3.8, 4) is 0 Å². The minimum absolute atomic E-state index is 0.0158. The van der Waals surface area contributed by atoms with E-state index in [2.05, 4.69) is 47.1 Å². The van der Waals surface area contributed by atoms with E-state index in [1.807, 2.05) is 53.4 Å². The molecule has 0 bridgehead atoms. The van der Waals surface area contributed by atoms with Crippen molar-refractivity contribution >= 4 is 139 Å². The van der Waals surface area contributed by atoms with E-state index in [0.29, 0.717) is 83.9 Å². The maximum absolute atomic E-state index is 14.3. The summed E-state index contributed by atoms with van der Waals surface area (Å²) in [5.74, 6) is -0.347. The monoisotopic (exact) mass is 1320 g/mol. The van der Waals surface area contributed by atoms with Gasteiger partial charge in [0.2, 0.25) is 17.8 Å². The predicted molar refractivity (Wildman–Crippen MR) is 309 cm³/mol. The molecule has 0 spiro atoms. The zero-order valence-electron chi connectivity index (χ0n) is 42.7. The molecule has 2 aromatic heterocycles. The van der Waals surface area contributed by atoms with Crippen LogP contribution in [0.1, 0.15) is 25.0 Å². The number of morpholine rings is 1. The molecule has 5 aliphatic rings. The number of nitrogens with one attached hydrogen (secondary N) is 1. The van der Waals surface area contributed by atoms with Crippen LogP contribution < -0.4 is 15.1 Å². The summed E-state index contributed by atoms with van der Waals surface area (Å²) >= 11 is 31.9. The predicted octanol–water partition coefficient (Wildman–Crippen LogP) is 7.94. The van der Waals surface area contributed by atoms with Gasteiger partial charge in [0, 0.05) is 107 Å². The van der Waals surface area contributed by atoms with Crippen molar-refractivity contribution < 1.29 is 36.0 Å². The van der Waals surface area contributed by atoms with Gasteiger partial charge in [-0.15, -0.1) is 0 Å². The number of sulfonamides is 2. The van der Waals surface area contributed by atoms with Crippen molar-refractivity contribution in [3.05, 3.63) is 137 Å². The fourth-order valence-electron chi connectivity index (χ4n) is 10.6. The number of nitrogens with zero attached hydrogens (tertiary/aromatic N) is 10. The van der Waals surface area contributed by atoms with E-state index in [1.165, 1.54) is 35.4 Å². The highest BCUT2D eigenvalue weighted by Gasteiger charge is 2.54. The van der Waals surface area contributed by atoms with E-state index in [4.69, 9.17) is 51.1 Å². The third-order valence-corrected chi connectivity index (χ3v) is 20.3. The summed E-state index contributed by atoms with van der Waals surface area (Å²) in [7, 11) is -8.01. The van der Waals surface area contributed by atoms with Crippen LogP contribution in [0.4, 0.5) is 23.3 Å². The van der Waals surface area contributed by atoms with Gasteiger partial charge in [-0.25, -0.2) is 36.6 Å². The second kappa shape index (κ2) is 23.1. The molecule has 0 saturated carbocycles. The summed E-state index contributed by atoms with van der Waals surface area (Å²) in [6, 6.07) is 24.7. The molecule has 11 rings (SSSR count). The summed E-state index contributed by atoms with van der Waals surface area (Å²) in [4.78, 5) is 56.7. The highest BCUT2D eigenvalue weighted by molar-refractivity contribution is 9.10. The summed E-state index contributed by atoms with van der Waals surface area (Å²) < 4.78 is 68.8. The standard InChI is InChI=1S/C29H31BrCl2N6O5S.C23H22BrCl2N5O3S/c1-29(17-20-2-4-21(30)5-3-20)27(40)37(24-15-22(31)14-23(32)16-24)28-33-18-26(38(28)29)44(41,42)36-8-6-35(7-9-36)25(39)19-34-10-12-43-13-11-34;1-23(13-15-2-4-16(24)5-3-15)21(32)30(19-11-17(25)10-18(26)12-19)22-28-14-20(31(22)23)35(33,34)29-8-6-27-7-9-29/h2-5,14-16,18H,6-13,17,19H2,1H3;2-5,10-12,14,27H,6-9,13H2,1H3/t29-;23-/m11/s1. The minimum Gasteiger partial charge on any atom is -0.379 e. The first-order valence-corrected chi connectivity index (χ1v) is 31.1. The normalized spacial score (nSPS) is 21.3. The van der Waals surface area contributed by atoms with Crippen LogP contribution in [0.15, 0.2) is 116 Å². The second-order valence-corrected chi connectivity index (χ2v) is 27.3. The summed E-state index contributed by atoms with van der Waals surface area (Å²) in [5.41, 5.74) is -0.0802. The molecule has 7 heterocycles. The molecular formula is C52H53Br2Cl4N11O8S2. The number of anilines is 4. The van der Waals surface area contributed by atoms with Gasteiger partial charge in [0.25, 0.3) is 31.9 Å². The number of hydrogen-bond donors (Lipinski definition) is 1. The van der Waals surface area contributed by atoms with Crippen molar-refractivity contribution in [2.75, 3.05) is 95.0 Å². The van der Waals surface area contributed by atoms with Crippen molar-refractivity contribution in [1.29, 1.82) is 0 Å². The van der Waals surface area contributed by atoms with Crippen LogP contribution in [0.5, 0.6) is 0 Å². The zero-order valence-corrected chi connectivity index (χ0v) is 50.5. The molecule has 2 atom stereocenters. The van der Waals surface area contributed by atoms with Crippen LogP contribution in [0, 0.1) is 0 Å². The van der Waals surface area contributed by atoms with Gasteiger partial charge in [-0.3, -0.25) is 28.4 Å². The topological polar surface area (TPSA) is 196 Å². The van der Waals surface area contributed by atoms with Gasteiger partial charge in [-0.2, -0.15) is 8.61 Å². The lowest BCUT2D eigenvalue weighted by Crippen LogP contribution is -2.53. The highest BCUT2D eigenvalue weighted by Crippen LogP contribution is 2.47. The molecule has 3 fully saturated rings. The van der Waals surface area contributed by atoms with Crippen LogP contribution in [-0.4, -0.2) is 157 Å². The molecule has 0 aliphatic carbocycles. The Hall–Kier alpha value is -4.47. The Morgan fingerprint density at radius 1 is 0.595 bits per heavy atom. The lowest BCUT2D eigenvalue weighted by atomic mass is 9.92. The number of fused-ring (bicyclic) bond motifs is 2. The summed E-state index contributed by atoms with van der Waals surface area (Å²) in [6.45, 7) is 8.92. The number of carbonyl (C=O) groups is 3. The van der Waals surface area contributed by atoms with Gasteiger partial charge < -0.3 is 15.0 Å². The van der Waals surface area contributed by atoms with Crippen molar-refractivity contribution in [1.82, 2.24) is 42.8 Å². The zero-order chi connectivity index (χ0) is 56.2. The van der Waals surface area contributed by atoms with E-state index < -0.39 is 31.1 Å². The van der Waals surface area contributed by atoms with Crippen molar-refractivity contribution in [2.45, 2.75) is 47.8 Å².